The van der Waals surface area contributed by atoms with Gasteiger partial charge >= 0.3 is 0 Å². The molecule has 1 heterocycles. The zero-order valence-corrected chi connectivity index (χ0v) is 8.58. The number of carbonyl (C=O) groups is 1. The van der Waals surface area contributed by atoms with E-state index in [-0.39, 0.29) is 5.91 Å². The maximum Gasteiger partial charge on any atom is 0.252 e. The quantitative estimate of drug-likeness (QED) is 0.634. The summed E-state index contributed by atoms with van der Waals surface area (Å²) in [7, 11) is 0. The lowest BCUT2D eigenvalue weighted by Crippen LogP contribution is -2.44. The van der Waals surface area contributed by atoms with E-state index in [1.807, 2.05) is 19.1 Å². The van der Waals surface area contributed by atoms with Crippen LogP contribution in [0, 0.1) is 0 Å². The number of amides is 1. The Morgan fingerprint density at radius 2 is 2.43 bits per heavy atom. The topological polar surface area (TPSA) is 64.4 Å². The molecule has 0 aliphatic carbocycles. The van der Waals surface area contributed by atoms with Gasteiger partial charge in [0.2, 0.25) is 0 Å². The van der Waals surface area contributed by atoms with E-state index in [1.54, 1.807) is 0 Å². The highest BCUT2D eigenvalue weighted by Gasteiger charge is 2.37. The SMILES string of the molecule is CC1(C(=O)NC/C=C/CN)CCCO1. The van der Waals surface area contributed by atoms with Gasteiger partial charge < -0.3 is 15.8 Å². The third kappa shape index (κ3) is 2.82. The molecule has 4 heteroatoms. The first kappa shape index (κ1) is 11.2. The molecule has 0 aromatic rings. The predicted octanol–water partition coefficient (Wildman–Crippen LogP) is 0.187. The second kappa shape index (κ2) is 5.12. The van der Waals surface area contributed by atoms with Crippen molar-refractivity contribution in [3.8, 4) is 0 Å². The van der Waals surface area contributed by atoms with Crippen LogP contribution in [0.5, 0.6) is 0 Å². The molecule has 80 valence electrons. The van der Waals surface area contributed by atoms with Gasteiger partial charge in [-0.2, -0.15) is 0 Å². The number of hydrogen-bond acceptors (Lipinski definition) is 3. The van der Waals surface area contributed by atoms with Gasteiger partial charge in [0.1, 0.15) is 5.60 Å². The lowest BCUT2D eigenvalue weighted by Gasteiger charge is -2.21. The number of nitrogens with one attached hydrogen (secondary N) is 1. The normalized spacial score (nSPS) is 27.0. The van der Waals surface area contributed by atoms with Crippen LogP contribution in [-0.4, -0.2) is 31.2 Å². The smallest absolute Gasteiger partial charge is 0.252 e. The van der Waals surface area contributed by atoms with Gasteiger partial charge in [-0.05, 0) is 19.8 Å². The number of ether oxygens (including phenoxy) is 1. The van der Waals surface area contributed by atoms with E-state index < -0.39 is 5.60 Å². The molecule has 1 unspecified atom stereocenters. The molecule has 14 heavy (non-hydrogen) atoms. The zero-order valence-electron chi connectivity index (χ0n) is 8.58. The molecule has 1 aliphatic heterocycles. The van der Waals surface area contributed by atoms with Crippen LogP contribution in [0.1, 0.15) is 19.8 Å². The Morgan fingerprint density at radius 1 is 1.64 bits per heavy atom. The summed E-state index contributed by atoms with van der Waals surface area (Å²) < 4.78 is 5.40. The number of carbonyl (C=O) groups excluding carboxylic acids is 1. The Bertz CT molecular complexity index is 220. The fourth-order valence-electron chi connectivity index (χ4n) is 1.48. The molecule has 3 N–H and O–H groups in total. The minimum absolute atomic E-state index is 0.0309. The molecule has 0 radical (unpaired) electrons. The highest BCUT2D eigenvalue weighted by molar-refractivity contribution is 5.85. The van der Waals surface area contributed by atoms with Crippen molar-refractivity contribution in [2.45, 2.75) is 25.4 Å². The average molecular weight is 198 g/mol. The molecule has 4 nitrogen and oxygen atoms in total. The zero-order chi connectivity index (χ0) is 10.4. The minimum atomic E-state index is -0.615. The third-order valence-corrected chi connectivity index (χ3v) is 2.38. The van der Waals surface area contributed by atoms with Crippen molar-refractivity contribution in [1.29, 1.82) is 0 Å². The molecule has 0 bridgehead atoms. The van der Waals surface area contributed by atoms with E-state index in [0.29, 0.717) is 19.7 Å². The molecular weight excluding hydrogens is 180 g/mol. The molecule has 1 atom stereocenters. The van der Waals surface area contributed by atoms with Crippen molar-refractivity contribution in [2.24, 2.45) is 5.73 Å². The predicted molar refractivity (Wildman–Crippen MR) is 54.8 cm³/mol. The van der Waals surface area contributed by atoms with E-state index in [0.717, 1.165) is 12.8 Å². The van der Waals surface area contributed by atoms with Crippen LogP contribution in [0.25, 0.3) is 0 Å². The first-order valence-corrected chi connectivity index (χ1v) is 4.96. The van der Waals surface area contributed by atoms with Crippen LogP contribution in [0.15, 0.2) is 12.2 Å². The fraction of sp³-hybridized carbons (Fsp3) is 0.700. The summed E-state index contributed by atoms with van der Waals surface area (Å²) in [4.78, 5) is 11.6. The van der Waals surface area contributed by atoms with Crippen LogP contribution in [0.2, 0.25) is 0 Å². The molecule has 1 aliphatic rings. The number of nitrogens with two attached hydrogens (primary N) is 1. The molecule has 0 spiro atoms. The molecule has 0 saturated carbocycles. The minimum Gasteiger partial charge on any atom is -0.365 e. The maximum absolute atomic E-state index is 11.6. The van der Waals surface area contributed by atoms with Gasteiger partial charge in [0.15, 0.2) is 0 Å². The lowest BCUT2D eigenvalue weighted by molar-refractivity contribution is -0.139. The van der Waals surface area contributed by atoms with E-state index in [2.05, 4.69) is 5.32 Å². The van der Waals surface area contributed by atoms with Crippen molar-refractivity contribution in [3.05, 3.63) is 12.2 Å². The standard InChI is InChI=1S/C10H18N2O2/c1-10(5-4-8-14-10)9(13)12-7-3-2-6-11/h2-3H,4-8,11H2,1H3,(H,12,13)/b3-2+. The Balaban J connectivity index is 2.30. The summed E-state index contributed by atoms with van der Waals surface area (Å²) in [6.45, 7) is 3.54. The van der Waals surface area contributed by atoms with Crippen LogP contribution in [0.4, 0.5) is 0 Å². The van der Waals surface area contributed by atoms with Gasteiger partial charge in [0.25, 0.3) is 5.91 Å². The Morgan fingerprint density at radius 3 is 3.00 bits per heavy atom. The highest BCUT2D eigenvalue weighted by atomic mass is 16.5. The van der Waals surface area contributed by atoms with Crippen LogP contribution in [0.3, 0.4) is 0 Å². The monoisotopic (exact) mass is 198 g/mol. The van der Waals surface area contributed by atoms with Crippen molar-refractivity contribution in [3.63, 3.8) is 0 Å². The summed E-state index contributed by atoms with van der Waals surface area (Å²) in [5.41, 5.74) is 4.65. The van der Waals surface area contributed by atoms with Gasteiger partial charge in [0.05, 0.1) is 0 Å². The number of rotatable bonds is 4. The third-order valence-electron chi connectivity index (χ3n) is 2.38. The van der Waals surface area contributed by atoms with Gasteiger partial charge in [0, 0.05) is 19.7 Å². The van der Waals surface area contributed by atoms with Crippen LogP contribution >= 0.6 is 0 Å². The molecule has 1 saturated heterocycles. The Hall–Kier alpha value is -0.870. The van der Waals surface area contributed by atoms with E-state index in [1.165, 1.54) is 0 Å². The Kier molecular flexibility index (Phi) is 4.10. The first-order chi connectivity index (χ1) is 6.69. The fourth-order valence-corrected chi connectivity index (χ4v) is 1.48. The molecule has 1 rings (SSSR count). The number of hydrogen-bond donors (Lipinski definition) is 2. The van der Waals surface area contributed by atoms with Gasteiger partial charge in [-0.25, -0.2) is 0 Å². The molecule has 1 fully saturated rings. The molecule has 0 aromatic carbocycles. The van der Waals surface area contributed by atoms with Crippen LogP contribution < -0.4 is 11.1 Å². The van der Waals surface area contributed by atoms with Crippen molar-refractivity contribution in [1.82, 2.24) is 5.32 Å². The van der Waals surface area contributed by atoms with Crippen molar-refractivity contribution >= 4 is 5.91 Å². The highest BCUT2D eigenvalue weighted by Crippen LogP contribution is 2.24. The molecule has 1 amide bonds. The summed E-state index contributed by atoms with van der Waals surface area (Å²) in [5, 5.41) is 2.79. The van der Waals surface area contributed by atoms with E-state index in [4.69, 9.17) is 10.5 Å². The van der Waals surface area contributed by atoms with E-state index in [9.17, 15) is 4.79 Å². The van der Waals surface area contributed by atoms with Gasteiger partial charge in [-0.3, -0.25) is 4.79 Å². The first-order valence-electron chi connectivity index (χ1n) is 4.96. The van der Waals surface area contributed by atoms with Crippen molar-refractivity contribution < 1.29 is 9.53 Å². The summed E-state index contributed by atoms with van der Waals surface area (Å²) >= 11 is 0. The second-order valence-corrected chi connectivity index (χ2v) is 3.60. The van der Waals surface area contributed by atoms with Gasteiger partial charge in [-0.15, -0.1) is 0 Å². The van der Waals surface area contributed by atoms with Crippen LogP contribution in [-0.2, 0) is 9.53 Å². The Labute approximate surface area is 84.5 Å². The summed E-state index contributed by atoms with van der Waals surface area (Å²) in [6.07, 6.45) is 5.43. The average Bonchev–Trinajstić information content (AvgIpc) is 2.61. The lowest BCUT2D eigenvalue weighted by atomic mass is 10.0. The van der Waals surface area contributed by atoms with E-state index >= 15 is 0 Å². The van der Waals surface area contributed by atoms with Crippen molar-refractivity contribution in [2.75, 3.05) is 19.7 Å². The largest absolute Gasteiger partial charge is 0.365 e. The molecule has 0 aromatic heterocycles. The summed E-state index contributed by atoms with van der Waals surface area (Å²) in [6, 6.07) is 0. The molecular formula is C10H18N2O2. The summed E-state index contributed by atoms with van der Waals surface area (Å²) in [5.74, 6) is -0.0309. The van der Waals surface area contributed by atoms with Gasteiger partial charge in [-0.1, -0.05) is 12.2 Å². The maximum atomic E-state index is 11.6. The second-order valence-electron chi connectivity index (χ2n) is 3.60.